The number of nitrogens with zero attached hydrogens (tertiary/aromatic N) is 2. The van der Waals surface area contributed by atoms with E-state index >= 15 is 0 Å². The summed E-state index contributed by atoms with van der Waals surface area (Å²) in [5.41, 5.74) is 0.653. The summed E-state index contributed by atoms with van der Waals surface area (Å²) >= 11 is 5.09. The lowest BCUT2D eigenvalue weighted by Gasteiger charge is -2.23. The van der Waals surface area contributed by atoms with Gasteiger partial charge in [0.15, 0.2) is 0 Å². The van der Waals surface area contributed by atoms with E-state index in [0.717, 1.165) is 19.7 Å². The van der Waals surface area contributed by atoms with Crippen LogP contribution in [0.5, 0.6) is 0 Å². The molecule has 3 rings (SSSR count). The smallest absolute Gasteiger partial charge is 0.135 e. The molecule has 1 N–H and O–H groups in total. The van der Waals surface area contributed by atoms with Crippen LogP contribution >= 0.6 is 27.3 Å². The van der Waals surface area contributed by atoms with Gasteiger partial charge in [0.2, 0.25) is 0 Å². The summed E-state index contributed by atoms with van der Waals surface area (Å²) in [6.07, 6.45) is 8.05. The lowest BCUT2D eigenvalue weighted by molar-refractivity contribution is 0.462. The van der Waals surface area contributed by atoms with E-state index in [4.69, 9.17) is 5.26 Å². The maximum absolute atomic E-state index is 9.14. The Balaban J connectivity index is 1.97. The molecule has 2 aromatic rings. The number of halogens is 1. The predicted molar refractivity (Wildman–Crippen MR) is 82.5 cm³/mol. The Labute approximate surface area is 124 Å². The number of hydrogen-bond donors (Lipinski definition) is 1. The van der Waals surface area contributed by atoms with Crippen LogP contribution in [0.25, 0.3) is 10.1 Å². The molecule has 2 aromatic heterocycles. The Morgan fingerprint density at radius 3 is 2.89 bits per heavy atom. The Hall–Kier alpha value is -1.12. The minimum atomic E-state index is 0.524. The van der Waals surface area contributed by atoms with Gasteiger partial charge in [0.25, 0.3) is 0 Å². The number of aromatic nitrogens is 1. The minimum absolute atomic E-state index is 0.524. The summed E-state index contributed by atoms with van der Waals surface area (Å²) in [5.74, 6) is 0.919. The molecule has 0 radical (unpaired) electrons. The fourth-order valence-electron chi connectivity index (χ4n) is 2.63. The lowest BCUT2D eigenvalue weighted by atomic mass is 9.95. The lowest BCUT2D eigenvalue weighted by Crippen LogP contribution is -2.22. The second-order valence-electron chi connectivity index (χ2n) is 4.90. The third-order valence-electron chi connectivity index (χ3n) is 3.59. The van der Waals surface area contributed by atoms with Gasteiger partial charge in [-0.1, -0.05) is 19.3 Å². The SMILES string of the molecule is N#Cc1cnc(NC2CCCCC2)c2cc(Br)sc12. The highest BCUT2D eigenvalue weighted by Crippen LogP contribution is 2.36. The van der Waals surface area contributed by atoms with E-state index in [0.29, 0.717) is 11.6 Å². The molecule has 0 unspecified atom stereocenters. The highest BCUT2D eigenvalue weighted by molar-refractivity contribution is 9.11. The quantitative estimate of drug-likeness (QED) is 0.867. The van der Waals surface area contributed by atoms with Crippen LogP contribution in [0.1, 0.15) is 37.7 Å². The zero-order valence-electron chi connectivity index (χ0n) is 10.4. The van der Waals surface area contributed by atoms with Crippen molar-refractivity contribution in [1.29, 1.82) is 5.26 Å². The fourth-order valence-corrected chi connectivity index (χ4v) is 4.19. The molecule has 98 valence electrons. The normalized spacial score (nSPS) is 16.4. The van der Waals surface area contributed by atoms with Crippen LogP contribution < -0.4 is 5.32 Å². The molecule has 3 nitrogen and oxygen atoms in total. The number of nitriles is 1. The summed E-state index contributed by atoms with van der Waals surface area (Å²) < 4.78 is 2.06. The van der Waals surface area contributed by atoms with Crippen molar-refractivity contribution in [3.8, 4) is 6.07 Å². The number of hydrogen-bond acceptors (Lipinski definition) is 4. The van der Waals surface area contributed by atoms with Gasteiger partial charge >= 0.3 is 0 Å². The van der Waals surface area contributed by atoms with Crippen molar-refractivity contribution in [1.82, 2.24) is 4.98 Å². The molecule has 2 heterocycles. The third kappa shape index (κ3) is 2.60. The van der Waals surface area contributed by atoms with Gasteiger partial charge in [0, 0.05) is 17.6 Å². The van der Waals surface area contributed by atoms with E-state index in [1.165, 1.54) is 32.1 Å². The van der Waals surface area contributed by atoms with Gasteiger partial charge in [-0.3, -0.25) is 0 Å². The molecule has 0 aromatic carbocycles. The van der Waals surface area contributed by atoms with Gasteiger partial charge in [-0.15, -0.1) is 11.3 Å². The third-order valence-corrected chi connectivity index (χ3v) is 5.26. The molecule has 0 spiro atoms. The Morgan fingerprint density at radius 1 is 1.37 bits per heavy atom. The van der Waals surface area contributed by atoms with Gasteiger partial charge in [0.1, 0.15) is 11.9 Å². The molecule has 0 amide bonds. The molecule has 1 aliphatic rings. The van der Waals surface area contributed by atoms with Crippen molar-refractivity contribution in [2.24, 2.45) is 0 Å². The second kappa shape index (κ2) is 5.48. The first-order chi connectivity index (χ1) is 9.28. The van der Waals surface area contributed by atoms with Crippen LogP contribution in [0.4, 0.5) is 5.82 Å². The van der Waals surface area contributed by atoms with Gasteiger partial charge in [-0.2, -0.15) is 5.26 Å². The van der Waals surface area contributed by atoms with Gasteiger partial charge in [-0.05, 0) is 34.8 Å². The maximum atomic E-state index is 9.14. The zero-order valence-corrected chi connectivity index (χ0v) is 12.9. The Bertz CT molecular complexity index is 638. The van der Waals surface area contributed by atoms with Crippen LogP contribution in [0.15, 0.2) is 16.0 Å². The first-order valence-electron chi connectivity index (χ1n) is 6.52. The molecular formula is C14H14BrN3S. The molecule has 1 fully saturated rings. The fraction of sp³-hybridized carbons (Fsp3) is 0.429. The number of fused-ring (bicyclic) bond motifs is 1. The molecule has 1 aliphatic carbocycles. The topological polar surface area (TPSA) is 48.7 Å². The zero-order chi connectivity index (χ0) is 13.2. The van der Waals surface area contributed by atoms with Crippen molar-refractivity contribution in [3.63, 3.8) is 0 Å². The Kier molecular flexibility index (Phi) is 3.72. The average molecular weight is 336 g/mol. The second-order valence-corrected chi connectivity index (χ2v) is 7.34. The number of thiophene rings is 1. The summed E-state index contributed by atoms with van der Waals surface area (Å²) in [6.45, 7) is 0. The van der Waals surface area contributed by atoms with Crippen molar-refractivity contribution in [2.75, 3.05) is 5.32 Å². The first kappa shape index (κ1) is 12.9. The number of rotatable bonds is 2. The molecule has 0 bridgehead atoms. The molecule has 1 saturated carbocycles. The van der Waals surface area contributed by atoms with Crippen LogP contribution in [0.3, 0.4) is 0 Å². The first-order valence-corrected chi connectivity index (χ1v) is 8.13. The largest absolute Gasteiger partial charge is 0.367 e. The molecule has 0 atom stereocenters. The van der Waals surface area contributed by atoms with Crippen molar-refractivity contribution in [2.45, 2.75) is 38.1 Å². The molecule has 19 heavy (non-hydrogen) atoms. The van der Waals surface area contributed by atoms with E-state index in [1.54, 1.807) is 17.5 Å². The summed E-state index contributed by atoms with van der Waals surface area (Å²) in [6, 6.07) is 4.79. The van der Waals surface area contributed by atoms with E-state index in [2.05, 4.69) is 38.4 Å². The standard InChI is InChI=1S/C14H14BrN3S/c15-12-6-11-13(19-12)9(7-16)8-17-14(11)18-10-4-2-1-3-5-10/h6,8,10H,1-5H2,(H,17,18). The minimum Gasteiger partial charge on any atom is -0.367 e. The van der Waals surface area contributed by atoms with Crippen molar-refractivity contribution < 1.29 is 0 Å². The predicted octanol–water partition coefficient (Wildman–Crippen LogP) is 4.68. The van der Waals surface area contributed by atoms with E-state index in [-0.39, 0.29) is 0 Å². The number of pyridine rings is 1. The summed E-state index contributed by atoms with van der Waals surface area (Å²) in [7, 11) is 0. The Morgan fingerprint density at radius 2 is 2.16 bits per heavy atom. The highest BCUT2D eigenvalue weighted by atomic mass is 79.9. The van der Waals surface area contributed by atoms with Gasteiger partial charge < -0.3 is 5.32 Å². The van der Waals surface area contributed by atoms with Crippen molar-refractivity contribution in [3.05, 3.63) is 21.6 Å². The van der Waals surface area contributed by atoms with Gasteiger partial charge in [0.05, 0.1) is 14.0 Å². The maximum Gasteiger partial charge on any atom is 0.135 e. The molecule has 5 heteroatoms. The monoisotopic (exact) mass is 335 g/mol. The van der Waals surface area contributed by atoms with E-state index in [1.807, 2.05) is 0 Å². The van der Waals surface area contributed by atoms with Crippen LogP contribution in [0.2, 0.25) is 0 Å². The summed E-state index contributed by atoms with van der Waals surface area (Å²) in [4.78, 5) is 4.44. The van der Waals surface area contributed by atoms with Crippen LogP contribution in [-0.2, 0) is 0 Å². The summed E-state index contributed by atoms with van der Waals surface area (Å²) in [5, 5.41) is 13.7. The number of anilines is 1. The van der Waals surface area contributed by atoms with E-state index < -0.39 is 0 Å². The van der Waals surface area contributed by atoms with E-state index in [9.17, 15) is 0 Å². The van der Waals surface area contributed by atoms with Crippen LogP contribution in [-0.4, -0.2) is 11.0 Å². The van der Waals surface area contributed by atoms with Gasteiger partial charge in [-0.25, -0.2) is 4.98 Å². The molecule has 0 aliphatic heterocycles. The van der Waals surface area contributed by atoms with Crippen LogP contribution in [0, 0.1) is 11.3 Å². The highest BCUT2D eigenvalue weighted by Gasteiger charge is 2.17. The van der Waals surface area contributed by atoms with Crippen molar-refractivity contribution >= 4 is 43.2 Å². The molecular weight excluding hydrogens is 322 g/mol. The molecule has 0 saturated heterocycles. The average Bonchev–Trinajstić information content (AvgIpc) is 2.82. The number of nitrogens with one attached hydrogen (secondary N) is 1.